The summed E-state index contributed by atoms with van der Waals surface area (Å²) in [5.41, 5.74) is 1.53. The van der Waals surface area contributed by atoms with Crippen LogP contribution < -0.4 is 10.1 Å². The van der Waals surface area contributed by atoms with E-state index in [1.807, 2.05) is 13.0 Å². The highest BCUT2D eigenvalue weighted by Gasteiger charge is 2.19. The van der Waals surface area contributed by atoms with Gasteiger partial charge in [0.1, 0.15) is 5.75 Å². The van der Waals surface area contributed by atoms with Gasteiger partial charge in [-0.05, 0) is 55.8 Å². The van der Waals surface area contributed by atoms with Crippen LogP contribution in [0.25, 0.3) is 0 Å². The Balaban J connectivity index is 1.85. The number of anilines is 1. The topological polar surface area (TPSA) is 64.6 Å². The molecule has 0 aliphatic heterocycles. The van der Waals surface area contributed by atoms with Crippen molar-refractivity contribution in [2.45, 2.75) is 20.0 Å². The molecule has 0 heterocycles. The number of halogens is 3. The fourth-order valence-electron chi connectivity index (χ4n) is 2.02. The maximum atomic E-state index is 12.0. The smallest absolute Gasteiger partial charge is 0.347 e. The van der Waals surface area contributed by atoms with Gasteiger partial charge >= 0.3 is 5.97 Å². The zero-order valence-corrected chi connectivity index (χ0v) is 17.1. The summed E-state index contributed by atoms with van der Waals surface area (Å²) in [6, 6.07) is 10.1. The lowest BCUT2D eigenvalue weighted by atomic mass is 10.2. The molecule has 0 unspecified atom stereocenters. The van der Waals surface area contributed by atoms with Crippen LogP contribution in [0.5, 0.6) is 5.75 Å². The summed E-state index contributed by atoms with van der Waals surface area (Å²) in [6.45, 7) is 2.94. The van der Waals surface area contributed by atoms with Crippen LogP contribution in [0.1, 0.15) is 12.5 Å². The summed E-state index contributed by atoms with van der Waals surface area (Å²) in [6.07, 6.45) is -0.934. The SMILES string of the molecule is Cc1cc(Br)ccc1NC(=O)COC(=O)[C@@H](C)Oc1ccc(Cl)cc1Cl. The minimum absolute atomic E-state index is 0.278. The van der Waals surface area contributed by atoms with Gasteiger partial charge in [0.05, 0.1) is 5.02 Å². The number of carbonyl (C=O) groups excluding carboxylic acids is 2. The van der Waals surface area contributed by atoms with Crippen LogP contribution in [0.15, 0.2) is 40.9 Å². The molecule has 0 spiro atoms. The lowest BCUT2D eigenvalue weighted by Gasteiger charge is -2.15. The van der Waals surface area contributed by atoms with Gasteiger partial charge in [-0.2, -0.15) is 0 Å². The number of hydrogen-bond acceptors (Lipinski definition) is 4. The lowest BCUT2D eigenvalue weighted by molar-refractivity contribution is -0.153. The van der Waals surface area contributed by atoms with Crippen LogP contribution in [0.2, 0.25) is 10.0 Å². The Morgan fingerprint density at radius 3 is 2.58 bits per heavy atom. The Hall–Kier alpha value is -1.76. The number of carbonyl (C=O) groups is 2. The van der Waals surface area contributed by atoms with Crippen LogP contribution in [0, 0.1) is 6.92 Å². The Labute approximate surface area is 169 Å². The van der Waals surface area contributed by atoms with Gasteiger partial charge in [0.25, 0.3) is 5.91 Å². The summed E-state index contributed by atoms with van der Waals surface area (Å²) < 4.78 is 11.3. The number of hydrogen-bond donors (Lipinski definition) is 1. The van der Waals surface area contributed by atoms with Crippen LogP contribution in [0.4, 0.5) is 5.69 Å². The molecule has 2 aromatic carbocycles. The van der Waals surface area contributed by atoms with Gasteiger partial charge in [-0.25, -0.2) is 4.79 Å². The number of ether oxygens (including phenoxy) is 2. The largest absolute Gasteiger partial charge is 0.477 e. The molecular weight excluding hydrogens is 445 g/mol. The highest BCUT2D eigenvalue weighted by Crippen LogP contribution is 2.28. The lowest BCUT2D eigenvalue weighted by Crippen LogP contribution is -2.30. The summed E-state index contributed by atoms with van der Waals surface area (Å²) >= 11 is 15.2. The molecule has 8 heteroatoms. The van der Waals surface area contributed by atoms with Crippen molar-refractivity contribution in [3.63, 3.8) is 0 Å². The van der Waals surface area contributed by atoms with Crippen LogP contribution in [-0.2, 0) is 14.3 Å². The molecule has 0 radical (unpaired) electrons. The predicted octanol–water partition coefficient (Wildman–Crippen LogP) is 5.01. The predicted molar refractivity (Wildman–Crippen MR) is 105 cm³/mol. The first-order valence-corrected chi connectivity index (χ1v) is 9.15. The Morgan fingerprint density at radius 2 is 1.92 bits per heavy atom. The van der Waals surface area contributed by atoms with E-state index in [-0.39, 0.29) is 5.02 Å². The van der Waals surface area contributed by atoms with Gasteiger partial charge in [-0.3, -0.25) is 4.79 Å². The molecule has 2 rings (SSSR count). The average molecular weight is 461 g/mol. The molecule has 0 saturated heterocycles. The Morgan fingerprint density at radius 1 is 1.19 bits per heavy atom. The summed E-state index contributed by atoms with van der Waals surface area (Å²) in [5.74, 6) is -0.824. The standard InChI is InChI=1S/C18H16BrCl2NO4/c1-10-7-12(19)3-5-15(10)22-17(23)9-25-18(24)11(2)26-16-6-4-13(20)8-14(16)21/h3-8,11H,9H2,1-2H3,(H,22,23)/t11-/m1/s1. The monoisotopic (exact) mass is 459 g/mol. The van der Waals surface area contributed by atoms with E-state index in [2.05, 4.69) is 21.2 Å². The minimum atomic E-state index is -0.934. The third-order valence-corrected chi connectivity index (χ3v) is 4.36. The van der Waals surface area contributed by atoms with Crippen molar-refractivity contribution in [2.75, 3.05) is 11.9 Å². The normalized spacial score (nSPS) is 11.6. The van der Waals surface area contributed by atoms with Crippen LogP contribution >= 0.6 is 39.1 Å². The van der Waals surface area contributed by atoms with Crippen molar-refractivity contribution in [2.24, 2.45) is 0 Å². The highest BCUT2D eigenvalue weighted by molar-refractivity contribution is 9.10. The highest BCUT2D eigenvalue weighted by atomic mass is 79.9. The quantitative estimate of drug-likeness (QED) is 0.615. The molecule has 0 bridgehead atoms. The second-order valence-electron chi connectivity index (χ2n) is 5.45. The van der Waals surface area contributed by atoms with Crippen molar-refractivity contribution in [1.82, 2.24) is 0 Å². The minimum Gasteiger partial charge on any atom is -0.477 e. The number of benzene rings is 2. The zero-order valence-electron chi connectivity index (χ0n) is 14.0. The average Bonchev–Trinajstić information content (AvgIpc) is 2.57. The maximum absolute atomic E-state index is 12.0. The van der Waals surface area contributed by atoms with Gasteiger partial charge in [0.2, 0.25) is 0 Å². The van der Waals surface area contributed by atoms with Gasteiger partial charge < -0.3 is 14.8 Å². The second-order valence-corrected chi connectivity index (χ2v) is 7.21. The first kappa shape index (κ1) is 20.6. The molecule has 1 amide bonds. The molecule has 1 N–H and O–H groups in total. The molecule has 0 aliphatic carbocycles. The third kappa shape index (κ3) is 5.90. The number of aryl methyl sites for hydroxylation is 1. The Kier molecular flexibility index (Phi) is 7.32. The van der Waals surface area contributed by atoms with E-state index in [0.29, 0.717) is 16.5 Å². The van der Waals surface area contributed by atoms with E-state index in [9.17, 15) is 9.59 Å². The molecule has 5 nitrogen and oxygen atoms in total. The first-order valence-electron chi connectivity index (χ1n) is 7.60. The fourth-order valence-corrected chi connectivity index (χ4v) is 2.95. The molecule has 0 fully saturated rings. The molecule has 0 saturated carbocycles. The molecule has 2 aromatic rings. The molecule has 138 valence electrons. The number of nitrogens with one attached hydrogen (secondary N) is 1. The zero-order chi connectivity index (χ0) is 19.3. The first-order chi connectivity index (χ1) is 12.3. The van der Waals surface area contributed by atoms with E-state index in [1.165, 1.54) is 13.0 Å². The molecular formula is C18H16BrCl2NO4. The fraction of sp³-hybridized carbons (Fsp3) is 0.222. The van der Waals surface area contributed by atoms with E-state index in [0.717, 1.165) is 10.0 Å². The molecule has 0 aliphatic rings. The summed E-state index contributed by atoms with van der Waals surface area (Å²) in [7, 11) is 0. The van der Waals surface area contributed by atoms with E-state index in [4.69, 9.17) is 32.7 Å². The maximum Gasteiger partial charge on any atom is 0.347 e. The van der Waals surface area contributed by atoms with Crippen molar-refractivity contribution >= 4 is 56.7 Å². The van der Waals surface area contributed by atoms with Gasteiger partial charge in [-0.15, -0.1) is 0 Å². The number of esters is 1. The Bertz CT molecular complexity index is 829. The van der Waals surface area contributed by atoms with Crippen molar-refractivity contribution in [3.05, 3.63) is 56.5 Å². The molecule has 0 aromatic heterocycles. The van der Waals surface area contributed by atoms with Gasteiger partial charge in [0, 0.05) is 15.2 Å². The van der Waals surface area contributed by atoms with Gasteiger partial charge in [0.15, 0.2) is 12.7 Å². The van der Waals surface area contributed by atoms with E-state index >= 15 is 0 Å². The number of rotatable bonds is 6. The van der Waals surface area contributed by atoms with Gasteiger partial charge in [-0.1, -0.05) is 39.1 Å². The van der Waals surface area contributed by atoms with Crippen LogP contribution in [0.3, 0.4) is 0 Å². The van der Waals surface area contributed by atoms with Crippen molar-refractivity contribution in [3.8, 4) is 5.75 Å². The molecule has 26 heavy (non-hydrogen) atoms. The van der Waals surface area contributed by atoms with Crippen molar-refractivity contribution < 1.29 is 19.1 Å². The van der Waals surface area contributed by atoms with E-state index < -0.39 is 24.6 Å². The second kappa shape index (κ2) is 9.26. The van der Waals surface area contributed by atoms with E-state index in [1.54, 1.807) is 24.3 Å². The number of amides is 1. The molecule has 1 atom stereocenters. The summed E-state index contributed by atoms with van der Waals surface area (Å²) in [4.78, 5) is 23.9. The third-order valence-electron chi connectivity index (χ3n) is 3.34. The summed E-state index contributed by atoms with van der Waals surface area (Å²) in [5, 5.41) is 3.42. The van der Waals surface area contributed by atoms with Crippen molar-refractivity contribution in [1.29, 1.82) is 0 Å². The van der Waals surface area contributed by atoms with Crippen LogP contribution in [-0.4, -0.2) is 24.6 Å².